The highest BCUT2D eigenvalue weighted by Crippen LogP contribution is 2.31. The Balaban J connectivity index is 2.30. The van der Waals surface area contributed by atoms with Gasteiger partial charge in [-0.25, -0.2) is 0 Å². The molecular weight excluding hydrogens is 188 g/mol. The molecule has 1 aromatic rings. The standard InChI is InChI=1S/C10H9ClO2/c1-10(12-6-7-13-10)8-2-4-9(11)5-3-8/h2-7H,1H3. The lowest BCUT2D eigenvalue weighted by Crippen LogP contribution is -2.21. The predicted octanol–water partition coefficient (Wildman–Crippen LogP) is 3.03. The molecule has 2 nitrogen and oxygen atoms in total. The van der Waals surface area contributed by atoms with Crippen molar-refractivity contribution in [3.8, 4) is 0 Å². The van der Waals surface area contributed by atoms with E-state index in [-0.39, 0.29) is 0 Å². The molecule has 0 amide bonds. The minimum Gasteiger partial charge on any atom is -0.453 e. The van der Waals surface area contributed by atoms with E-state index >= 15 is 0 Å². The molecule has 0 saturated carbocycles. The molecule has 0 N–H and O–H groups in total. The van der Waals surface area contributed by atoms with Crippen molar-refractivity contribution in [1.29, 1.82) is 0 Å². The van der Waals surface area contributed by atoms with Gasteiger partial charge < -0.3 is 9.47 Å². The zero-order valence-electron chi connectivity index (χ0n) is 7.16. The van der Waals surface area contributed by atoms with Gasteiger partial charge in [0.05, 0.1) is 0 Å². The minimum atomic E-state index is -0.690. The molecule has 1 heterocycles. The van der Waals surface area contributed by atoms with Crippen LogP contribution in [0.1, 0.15) is 12.5 Å². The van der Waals surface area contributed by atoms with E-state index < -0.39 is 5.79 Å². The first-order valence-corrected chi connectivity index (χ1v) is 4.35. The highest BCUT2D eigenvalue weighted by atomic mass is 35.5. The summed E-state index contributed by atoms with van der Waals surface area (Å²) >= 11 is 5.77. The molecule has 0 radical (unpaired) electrons. The van der Waals surface area contributed by atoms with Gasteiger partial charge in [-0.15, -0.1) is 0 Å². The van der Waals surface area contributed by atoms with E-state index in [1.54, 1.807) is 0 Å². The Hall–Kier alpha value is -1.15. The van der Waals surface area contributed by atoms with Gasteiger partial charge >= 0.3 is 0 Å². The monoisotopic (exact) mass is 196 g/mol. The Kier molecular flexibility index (Phi) is 1.93. The summed E-state index contributed by atoms with van der Waals surface area (Å²) in [5.74, 6) is -0.690. The molecule has 0 aromatic heterocycles. The molecule has 3 heteroatoms. The molecule has 0 spiro atoms. The van der Waals surface area contributed by atoms with Crippen molar-refractivity contribution in [2.45, 2.75) is 12.7 Å². The average Bonchev–Trinajstić information content (AvgIpc) is 2.54. The van der Waals surface area contributed by atoms with Crippen LogP contribution in [0.25, 0.3) is 0 Å². The molecule has 2 rings (SSSR count). The van der Waals surface area contributed by atoms with E-state index in [1.807, 2.05) is 31.2 Å². The summed E-state index contributed by atoms with van der Waals surface area (Å²) in [4.78, 5) is 0. The topological polar surface area (TPSA) is 18.5 Å². The highest BCUT2D eigenvalue weighted by Gasteiger charge is 2.31. The van der Waals surface area contributed by atoms with Gasteiger partial charge in [0.1, 0.15) is 12.5 Å². The zero-order valence-corrected chi connectivity index (χ0v) is 7.91. The second-order valence-electron chi connectivity index (χ2n) is 2.96. The van der Waals surface area contributed by atoms with Crippen LogP contribution in [0.3, 0.4) is 0 Å². The molecule has 1 aliphatic rings. The maximum atomic E-state index is 5.77. The quantitative estimate of drug-likeness (QED) is 0.688. The van der Waals surface area contributed by atoms with Gasteiger partial charge in [-0.3, -0.25) is 0 Å². The van der Waals surface area contributed by atoms with Crippen LogP contribution in [0.4, 0.5) is 0 Å². The summed E-state index contributed by atoms with van der Waals surface area (Å²) in [5.41, 5.74) is 0.946. The lowest BCUT2D eigenvalue weighted by Gasteiger charge is -2.23. The first-order chi connectivity index (χ1) is 6.21. The molecule has 0 aliphatic carbocycles. The Bertz CT molecular complexity index is 321. The third-order valence-corrected chi connectivity index (χ3v) is 2.26. The van der Waals surface area contributed by atoms with Gasteiger partial charge in [0, 0.05) is 17.5 Å². The summed E-state index contributed by atoms with van der Waals surface area (Å²) in [7, 11) is 0. The number of halogens is 1. The van der Waals surface area contributed by atoms with Crippen LogP contribution >= 0.6 is 11.6 Å². The molecule has 0 fully saturated rings. The molecule has 13 heavy (non-hydrogen) atoms. The first-order valence-electron chi connectivity index (χ1n) is 3.97. The van der Waals surface area contributed by atoms with E-state index in [2.05, 4.69) is 0 Å². The molecule has 0 bridgehead atoms. The maximum Gasteiger partial charge on any atom is 0.273 e. The van der Waals surface area contributed by atoms with E-state index in [1.165, 1.54) is 12.5 Å². The normalized spacial score (nSPS) is 18.0. The van der Waals surface area contributed by atoms with Crippen molar-refractivity contribution >= 4 is 11.6 Å². The predicted molar refractivity (Wildman–Crippen MR) is 50.1 cm³/mol. The van der Waals surface area contributed by atoms with E-state index in [4.69, 9.17) is 21.1 Å². The number of rotatable bonds is 1. The zero-order chi connectivity index (χ0) is 9.31. The lowest BCUT2D eigenvalue weighted by molar-refractivity contribution is -0.133. The van der Waals surface area contributed by atoms with Gasteiger partial charge in [-0.05, 0) is 24.3 Å². The molecule has 1 aromatic carbocycles. The summed E-state index contributed by atoms with van der Waals surface area (Å²) < 4.78 is 10.6. The molecule has 0 unspecified atom stereocenters. The Morgan fingerprint density at radius 1 is 1.08 bits per heavy atom. The SMILES string of the molecule is CC1(c2ccc(Cl)cc2)OC=CO1. The van der Waals surface area contributed by atoms with Gasteiger partial charge in [0.2, 0.25) is 0 Å². The number of benzene rings is 1. The van der Waals surface area contributed by atoms with E-state index in [0.717, 1.165) is 5.56 Å². The fourth-order valence-electron chi connectivity index (χ4n) is 1.23. The summed E-state index contributed by atoms with van der Waals surface area (Å²) in [6.07, 6.45) is 3.07. The van der Waals surface area contributed by atoms with Gasteiger partial charge in [0.25, 0.3) is 5.79 Å². The van der Waals surface area contributed by atoms with Crippen molar-refractivity contribution in [1.82, 2.24) is 0 Å². The van der Waals surface area contributed by atoms with Crippen molar-refractivity contribution in [2.24, 2.45) is 0 Å². The number of ether oxygens (including phenoxy) is 2. The smallest absolute Gasteiger partial charge is 0.273 e. The second kappa shape index (κ2) is 2.96. The van der Waals surface area contributed by atoms with Crippen molar-refractivity contribution in [3.05, 3.63) is 47.4 Å². The van der Waals surface area contributed by atoms with Gasteiger partial charge in [0.15, 0.2) is 0 Å². The Morgan fingerprint density at radius 2 is 1.62 bits per heavy atom. The Labute approximate surface area is 81.7 Å². The fraction of sp³-hybridized carbons (Fsp3) is 0.200. The maximum absolute atomic E-state index is 5.77. The van der Waals surface area contributed by atoms with E-state index in [9.17, 15) is 0 Å². The fourth-order valence-corrected chi connectivity index (χ4v) is 1.36. The van der Waals surface area contributed by atoms with Crippen LogP contribution in [0.2, 0.25) is 5.02 Å². The molecule has 0 saturated heterocycles. The third-order valence-electron chi connectivity index (χ3n) is 2.01. The van der Waals surface area contributed by atoms with Gasteiger partial charge in [-0.1, -0.05) is 11.6 Å². The van der Waals surface area contributed by atoms with Crippen molar-refractivity contribution in [2.75, 3.05) is 0 Å². The molecular formula is C10H9ClO2. The van der Waals surface area contributed by atoms with Crippen molar-refractivity contribution in [3.63, 3.8) is 0 Å². The second-order valence-corrected chi connectivity index (χ2v) is 3.40. The summed E-state index contributed by atoms with van der Waals surface area (Å²) in [6.45, 7) is 1.86. The van der Waals surface area contributed by atoms with Crippen LogP contribution in [0.5, 0.6) is 0 Å². The van der Waals surface area contributed by atoms with Crippen LogP contribution in [0.15, 0.2) is 36.8 Å². The highest BCUT2D eigenvalue weighted by molar-refractivity contribution is 6.30. The summed E-state index contributed by atoms with van der Waals surface area (Å²) in [6, 6.07) is 7.39. The summed E-state index contributed by atoms with van der Waals surface area (Å²) in [5, 5.41) is 0.707. The van der Waals surface area contributed by atoms with Crippen molar-refractivity contribution < 1.29 is 9.47 Å². The van der Waals surface area contributed by atoms with Crippen LogP contribution in [-0.4, -0.2) is 0 Å². The molecule has 0 atom stereocenters. The number of hydrogen-bond acceptors (Lipinski definition) is 2. The van der Waals surface area contributed by atoms with E-state index in [0.29, 0.717) is 5.02 Å². The van der Waals surface area contributed by atoms with Crippen LogP contribution < -0.4 is 0 Å². The Morgan fingerprint density at radius 3 is 2.15 bits per heavy atom. The average molecular weight is 197 g/mol. The first kappa shape index (κ1) is 8.45. The molecule has 68 valence electrons. The third kappa shape index (κ3) is 1.49. The minimum absolute atomic E-state index is 0.690. The van der Waals surface area contributed by atoms with Crippen LogP contribution in [0, 0.1) is 0 Å². The molecule has 1 aliphatic heterocycles. The van der Waals surface area contributed by atoms with Crippen LogP contribution in [-0.2, 0) is 15.3 Å². The largest absolute Gasteiger partial charge is 0.453 e. The lowest BCUT2D eigenvalue weighted by atomic mass is 10.1. The number of hydrogen-bond donors (Lipinski definition) is 0. The van der Waals surface area contributed by atoms with Gasteiger partial charge in [-0.2, -0.15) is 0 Å².